The van der Waals surface area contributed by atoms with Gasteiger partial charge in [-0.2, -0.15) is 0 Å². The predicted octanol–water partition coefficient (Wildman–Crippen LogP) is 2.54. The molecule has 0 unspecified atom stereocenters. The number of nitrogens with zero attached hydrogens (tertiary/aromatic N) is 2. The SMILES string of the molecule is Cc1cc(C)cc(N2CCN(C(=O)NC(C)C)CC2)c1. The number of anilines is 1. The van der Waals surface area contributed by atoms with Gasteiger partial charge in [0.1, 0.15) is 0 Å². The van der Waals surface area contributed by atoms with E-state index in [-0.39, 0.29) is 12.1 Å². The van der Waals surface area contributed by atoms with Crippen LogP contribution in [0.3, 0.4) is 0 Å². The van der Waals surface area contributed by atoms with Crippen LogP contribution >= 0.6 is 0 Å². The molecule has 20 heavy (non-hydrogen) atoms. The summed E-state index contributed by atoms with van der Waals surface area (Å²) < 4.78 is 0. The molecule has 110 valence electrons. The fraction of sp³-hybridized carbons (Fsp3) is 0.562. The van der Waals surface area contributed by atoms with Gasteiger partial charge in [-0.25, -0.2) is 4.79 Å². The van der Waals surface area contributed by atoms with Gasteiger partial charge >= 0.3 is 6.03 Å². The average Bonchev–Trinajstić information content (AvgIpc) is 2.37. The second-order valence-electron chi connectivity index (χ2n) is 5.92. The van der Waals surface area contributed by atoms with Crippen molar-refractivity contribution in [2.24, 2.45) is 0 Å². The third-order valence-corrected chi connectivity index (χ3v) is 3.55. The number of piperazine rings is 1. The number of rotatable bonds is 2. The van der Waals surface area contributed by atoms with Gasteiger partial charge < -0.3 is 15.1 Å². The second-order valence-corrected chi connectivity index (χ2v) is 5.92. The molecule has 4 heteroatoms. The third kappa shape index (κ3) is 3.65. The Bertz CT molecular complexity index is 456. The summed E-state index contributed by atoms with van der Waals surface area (Å²) in [5, 5.41) is 2.95. The number of carbonyl (C=O) groups is 1. The predicted molar refractivity (Wildman–Crippen MR) is 83.4 cm³/mol. The highest BCUT2D eigenvalue weighted by Crippen LogP contribution is 2.20. The lowest BCUT2D eigenvalue weighted by Crippen LogP contribution is -2.52. The molecule has 1 aliphatic rings. The monoisotopic (exact) mass is 275 g/mol. The first-order valence-electron chi connectivity index (χ1n) is 7.34. The Hall–Kier alpha value is -1.71. The van der Waals surface area contributed by atoms with Gasteiger partial charge in [0.05, 0.1) is 0 Å². The fourth-order valence-electron chi connectivity index (χ4n) is 2.64. The van der Waals surface area contributed by atoms with E-state index in [1.54, 1.807) is 0 Å². The third-order valence-electron chi connectivity index (χ3n) is 3.55. The number of carbonyl (C=O) groups excluding carboxylic acids is 1. The standard InChI is InChI=1S/C16H25N3O/c1-12(2)17-16(20)19-7-5-18(6-8-19)15-10-13(3)9-14(4)11-15/h9-12H,5-8H2,1-4H3,(H,17,20). The molecule has 1 fully saturated rings. The first-order chi connectivity index (χ1) is 9.45. The van der Waals surface area contributed by atoms with Crippen molar-refractivity contribution >= 4 is 11.7 Å². The molecule has 0 atom stereocenters. The maximum Gasteiger partial charge on any atom is 0.317 e. The zero-order valence-corrected chi connectivity index (χ0v) is 12.9. The lowest BCUT2D eigenvalue weighted by Gasteiger charge is -2.36. The van der Waals surface area contributed by atoms with Crippen molar-refractivity contribution in [1.82, 2.24) is 10.2 Å². The average molecular weight is 275 g/mol. The van der Waals surface area contributed by atoms with E-state index in [1.807, 2.05) is 18.7 Å². The van der Waals surface area contributed by atoms with E-state index in [1.165, 1.54) is 16.8 Å². The molecule has 1 saturated heterocycles. The van der Waals surface area contributed by atoms with Crippen LogP contribution < -0.4 is 10.2 Å². The van der Waals surface area contributed by atoms with Crippen LogP contribution in [0.1, 0.15) is 25.0 Å². The summed E-state index contributed by atoms with van der Waals surface area (Å²) in [7, 11) is 0. The van der Waals surface area contributed by atoms with Gasteiger partial charge in [-0.1, -0.05) is 6.07 Å². The number of nitrogens with one attached hydrogen (secondary N) is 1. The first kappa shape index (κ1) is 14.7. The Balaban J connectivity index is 1.95. The van der Waals surface area contributed by atoms with Crippen molar-refractivity contribution in [3.05, 3.63) is 29.3 Å². The minimum Gasteiger partial charge on any atom is -0.368 e. The molecule has 4 nitrogen and oxygen atoms in total. The maximum absolute atomic E-state index is 12.0. The quantitative estimate of drug-likeness (QED) is 0.900. The van der Waals surface area contributed by atoms with Crippen molar-refractivity contribution < 1.29 is 4.79 Å². The molecular formula is C16H25N3O. The maximum atomic E-state index is 12.0. The molecule has 0 aliphatic carbocycles. The molecule has 0 aromatic heterocycles. The van der Waals surface area contributed by atoms with E-state index >= 15 is 0 Å². The highest BCUT2D eigenvalue weighted by molar-refractivity contribution is 5.74. The fourth-order valence-corrected chi connectivity index (χ4v) is 2.64. The molecule has 1 aromatic rings. The van der Waals surface area contributed by atoms with E-state index in [9.17, 15) is 4.79 Å². The molecule has 1 N–H and O–H groups in total. The summed E-state index contributed by atoms with van der Waals surface area (Å²) in [6.07, 6.45) is 0. The van der Waals surface area contributed by atoms with Gasteiger partial charge in [0.25, 0.3) is 0 Å². The number of aryl methyl sites for hydroxylation is 2. The molecule has 1 heterocycles. The molecule has 0 bridgehead atoms. The summed E-state index contributed by atoms with van der Waals surface area (Å²) in [4.78, 5) is 16.2. The van der Waals surface area contributed by atoms with E-state index in [0.717, 1.165) is 26.2 Å². The molecular weight excluding hydrogens is 250 g/mol. The number of hydrogen-bond acceptors (Lipinski definition) is 2. The Morgan fingerprint density at radius 2 is 1.60 bits per heavy atom. The van der Waals surface area contributed by atoms with Gasteiger partial charge in [0, 0.05) is 37.9 Å². The van der Waals surface area contributed by atoms with Gasteiger partial charge in [0.2, 0.25) is 0 Å². The van der Waals surface area contributed by atoms with E-state index in [0.29, 0.717) is 0 Å². The van der Waals surface area contributed by atoms with E-state index in [2.05, 4.69) is 42.3 Å². The lowest BCUT2D eigenvalue weighted by molar-refractivity contribution is 0.192. The highest BCUT2D eigenvalue weighted by Gasteiger charge is 2.21. The molecule has 1 aliphatic heterocycles. The van der Waals surface area contributed by atoms with Crippen LogP contribution in [0.25, 0.3) is 0 Å². The Morgan fingerprint density at radius 1 is 1.05 bits per heavy atom. The Labute approximate surface area is 121 Å². The molecule has 0 saturated carbocycles. The number of benzene rings is 1. The summed E-state index contributed by atoms with van der Waals surface area (Å²) in [6.45, 7) is 11.6. The van der Waals surface area contributed by atoms with Crippen LogP contribution in [-0.4, -0.2) is 43.2 Å². The van der Waals surface area contributed by atoms with Crippen LogP contribution in [0.5, 0.6) is 0 Å². The van der Waals surface area contributed by atoms with Gasteiger partial charge in [-0.3, -0.25) is 0 Å². The number of amides is 2. The smallest absolute Gasteiger partial charge is 0.317 e. The minimum atomic E-state index is 0.0556. The van der Waals surface area contributed by atoms with Crippen LogP contribution in [-0.2, 0) is 0 Å². The van der Waals surface area contributed by atoms with E-state index < -0.39 is 0 Å². The molecule has 1 aromatic carbocycles. The summed E-state index contributed by atoms with van der Waals surface area (Å²) >= 11 is 0. The molecule has 2 rings (SSSR count). The summed E-state index contributed by atoms with van der Waals surface area (Å²) in [5.74, 6) is 0. The highest BCUT2D eigenvalue weighted by atomic mass is 16.2. The van der Waals surface area contributed by atoms with Crippen molar-refractivity contribution in [3.63, 3.8) is 0 Å². The van der Waals surface area contributed by atoms with Crippen molar-refractivity contribution in [1.29, 1.82) is 0 Å². The van der Waals surface area contributed by atoms with E-state index in [4.69, 9.17) is 0 Å². The molecule has 2 amide bonds. The van der Waals surface area contributed by atoms with Gasteiger partial charge in [0.15, 0.2) is 0 Å². The zero-order valence-electron chi connectivity index (χ0n) is 12.9. The van der Waals surface area contributed by atoms with Crippen molar-refractivity contribution in [2.45, 2.75) is 33.7 Å². The zero-order chi connectivity index (χ0) is 14.7. The Morgan fingerprint density at radius 3 is 2.10 bits per heavy atom. The van der Waals surface area contributed by atoms with Crippen LogP contribution in [0, 0.1) is 13.8 Å². The van der Waals surface area contributed by atoms with Gasteiger partial charge in [-0.15, -0.1) is 0 Å². The lowest BCUT2D eigenvalue weighted by atomic mass is 10.1. The molecule has 0 radical (unpaired) electrons. The summed E-state index contributed by atoms with van der Waals surface area (Å²) in [6, 6.07) is 6.88. The van der Waals surface area contributed by atoms with Crippen molar-refractivity contribution in [3.8, 4) is 0 Å². The van der Waals surface area contributed by atoms with Crippen LogP contribution in [0.2, 0.25) is 0 Å². The summed E-state index contributed by atoms with van der Waals surface area (Å²) in [5.41, 5.74) is 3.85. The van der Waals surface area contributed by atoms with Crippen molar-refractivity contribution in [2.75, 3.05) is 31.1 Å². The van der Waals surface area contributed by atoms with Gasteiger partial charge in [-0.05, 0) is 51.0 Å². The second kappa shape index (κ2) is 6.16. The van der Waals surface area contributed by atoms with Crippen LogP contribution in [0.15, 0.2) is 18.2 Å². The minimum absolute atomic E-state index is 0.0556. The first-order valence-corrected chi connectivity index (χ1v) is 7.34. The normalized spacial score (nSPS) is 15.7. The number of hydrogen-bond donors (Lipinski definition) is 1. The largest absolute Gasteiger partial charge is 0.368 e. The number of urea groups is 1. The van der Waals surface area contributed by atoms with Crippen LogP contribution in [0.4, 0.5) is 10.5 Å². The Kier molecular flexibility index (Phi) is 4.53. The molecule has 0 spiro atoms. The topological polar surface area (TPSA) is 35.6 Å².